The molecular formula is C11H14N6O7S2. The van der Waals surface area contributed by atoms with Gasteiger partial charge in [-0.1, -0.05) is 0 Å². The van der Waals surface area contributed by atoms with Gasteiger partial charge in [0, 0.05) is 18.9 Å². The lowest BCUT2D eigenvalue weighted by Crippen LogP contribution is -2.50. The summed E-state index contributed by atoms with van der Waals surface area (Å²) in [6.07, 6.45) is 3.92. The molecule has 0 aromatic carbocycles. The van der Waals surface area contributed by atoms with Gasteiger partial charge in [0.05, 0.1) is 18.3 Å². The number of hydrogen-bond donors (Lipinski definition) is 3. The van der Waals surface area contributed by atoms with Gasteiger partial charge in [-0.3, -0.25) is 19.7 Å². The number of urea groups is 1. The van der Waals surface area contributed by atoms with Crippen LogP contribution in [0.25, 0.3) is 0 Å². The van der Waals surface area contributed by atoms with Crippen molar-refractivity contribution in [3.63, 3.8) is 0 Å². The first-order valence-electron chi connectivity index (χ1n) is 7.22. The lowest BCUT2D eigenvalue weighted by molar-refractivity contribution is -0.0316. The zero-order valence-electron chi connectivity index (χ0n) is 13.0. The van der Waals surface area contributed by atoms with Gasteiger partial charge in [0.15, 0.2) is 5.03 Å². The first kappa shape index (κ1) is 18.4. The standard InChI is InChI=1S/C11H14N6O7S2/c12-10(15-25(19,20)9-5-13-3-4-14-9)8-2-1-7-6-16(8)11(18)17(7)24-26(21,22)23/h3-5,7-8H,1-2,6H2,(H2,12,15)(H,21,22,23)/t7-,8+/m1/s1. The Hall–Kier alpha value is -2.36. The van der Waals surface area contributed by atoms with Crippen LogP contribution in [0.2, 0.25) is 0 Å². The molecule has 2 saturated heterocycles. The number of piperidine rings is 1. The van der Waals surface area contributed by atoms with Gasteiger partial charge < -0.3 is 4.90 Å². The van der Waals surface area contributed by atoms with Crippen LogP contribution in [0.4, 0.5) is 4.79 Å². The fourth-order valence-electron chi connectivity index (χ4n) is 2.82. The van der Waals surface area contributed by atoms with Crippen molar-refractivity contribution >= 4 is 32.3 Å². The van der Waals surface area contributed by atoms with E-state index in [1.54, 1.807) is 0 Å². The third kappa shape index (κ3) is 3.59. The van der Waals surface area contributed by atoms with Gasteiger partial charge in [-0.05, 0) is 12.8 Å². The van der Waals surface area contributed by atoms with E-state index in [0.29, 0.717) is 5.06 Å². The molecule has 0 unspecified atom stereocenters. The minimum absolute atomic E-state index is 0.0221. The molecule has 3 heterocycles. The predicted molar refractivity (Wildman–Crippen MR) is 83.5 cm³/mol. The maximum atomic E-state index is 12.3. The number of hydroxylamine groups is 2. The lowest BCUT2D eigenvalue weighted by Gasteiger charge is -2.30. The number of carbonyl (C=O) groups is 1. The highest BCUT2D eigenvalue weighted by molar-refractivity contribution is 7.90. The molecule has 2 bridgehead atoms. The summed E-state index contributed by atoms with van der Waals surface area (Å²) >= 11 is 0. The highest BCUT2D eigenvalue weighted by Crippen LogP contribution is 2.30. The van der Waals surface area contributed by atoms with Gasteiger partial charge in [0.2, 0.25) is 0 Å². The number of amides is 2. The highest BCUT2D eigenvalue weighted by atomic mass is 32.3. The minimum atomic E-state index is -4.88. The zero-order valence-corrected chi connectivity index (χ0v) is 14.6. The smallest absolute Gasteiger partial charge is 0.310 e. The maximum absolute atomic E-state index is 12.3. The van der Waals surface area contributed by atoms with Gasteiger partial charge in [0.25, 0.3) is 10.0 Å². The van der Waals surface area contributed by atoms with Crippen molar-refractivity contribution in [3.05, 3.63) is 18.6 Å². The van der Waals surface area contributed by atoms with E-state index in [4.69, 9.17) is 9.96 Å². The van der Waals surface area contributed by atoms with Crippen molar-refractivity contribution in [3.8, 4) is 0 Å². The van der Waals surface area contributed by atoms with Crippen molar-refractivity contribution in [2.45, 2.75) is 30.0 Å². The van der Waals surface area contributed by atoms with Crippen LogP contribution < -0.4 is 4.72 Å². The van der Waals surface area contributed by atoms with Gasteiger partial charge >= 0.3 is 16.4 Å². The average Bonchev–Trinajstić information content (AvgIpc) is 2.79. The van der Waals surface area contributed by atoms with Crippen LogP contribution in [0.3, 0.4) is 0 Å². The van der Waals surface area contributed by atoms with E-state index in [9.17, 15) is 21.6 Å². The number of amidine groups is 1. The zero-order chi connectivity index (χ0) is 19.1. The third-order valence-corrected chi connectivity index (χ3v) is 5.49. The van der Waals surface area contributed by atoms with Gasteiger partial charge in [-0.25, -0.2) is 9.78 Å². The van der Waals surface area contributed by atoms with Crippen LogP contribution in [0, 0.1) is 5.41 Å². The summed E-state index contributed by atoms with van der Waals surface area (Å²) in [7, 11) is -9.04. The normalized spacial score (nSPS) is 23.2. The topological polar surface area (TPSA) is 183 Å². The monoisotopic (exact) mass is 406 g/mol. The summed E-state index contributed by atoms with van der Waals surface area (Å²) in [6.45, 7) is 0.0221. The van der Waals surface area contributed by atoms with Gasteiger partial charge in [-0.15, -0.1) is 4.28 Å². The molecule has 0 spiro atoms. The second kappa shape index (κ2) is 6.42. The molecule has 2 fully saturated rings. The maximum Gasteiger partial charge on any atom is 0.418 e. The summed E-state index contributed by atoms with van der Waals surface area (Å²) in [5, 5.41) is 8.14. The molecule has 0 saturated carbocycles. The second-order valence-corrected chi connectivity index (χ2v) is 8.21. The molecule has 3 N–H and O–H groups in total. The van der Waals surface area contributed by atoms with E-state index >= 15 is 0 Å². The Kier molecular flexibility index (Phi) is 4.55. The third-order valence-electron chi connectivity index (χ3n) is 3.89. The van der Waals surface area contributed by atoms with Crippen molar-refractivity contribution < 1.29 is 30.5 Å². The Morgan fingerprint density at radius 1 is 1.31 bits per heavy atom. The molecule has 0 radical (unpaired) electrons. The van der Waals surface area contributed by atoms with Crippen molar-refractivity contribution in [2.75, 3.05) is 6.54 Å². The fraction of sp³-hybridized carbons (Fsp3) is 0.455. The number of sulfonamides is 1. The van der Waals surface area contributed by atoms with E-state index < -0.39 is 44.4 Å². The lowest BCUT2D eigenvalue weighted by atomic mass is 10.0. The van der Waals surface area contributed by atoms with Crippen molar-refractivity contribution in [1.82, 2.24) is 24.7 Å². The Balaban J connectivity index is 1.75. The Morgan fingerprint density at radius 2 is 2.04 bits per heavy atom. The average molecular weight is 406 g/mol. The Morgan fingerprint density at radius 3 is 2.65 bits per heavy atom. The van der Waals surface area contributed by atoms with E-state index in [-0.39, 0.29) is 24.4 Å². The quantitative estimate of drug-likeness (QED) is 0.305. The van der Waals surface area contributed by atoms with E-state index in [1.165, 1.54) is 12.4 Å². The molecule has 142 valence electrons. The number of fused-ring (bicyclic) bond motifs is 2. The number of hydrogen-bond acceptors (Lipinski definition) is 9. The molecule has 15 heteroatoms. The van der Waals surface area contributed by atoms with Gasteiger partial charge in [0.1, 0.15) is 5.84 Å². The minimum Gasteiger partial charge on any atom is -0.310 e. The van der Waals surface area contributed by atoms with Crippen molar-refractivity contribution in [1.29, 1.82) is 5.41 Å². The van der Waals surface area contributed by atoms with Crippen LogP contribution >= 0.6 is 0 Å². The van der Waals surface area contributed by atoms with Crippen LogP contribution in [0.1, 0.15) is 12.8 Å². The molecular weight excluding hydrogens is 392 g/mol. The Bertz CT molecular complexity index is 935. The summed E-state index contributed by atoms with van der Waals surface area (Å²) in [6, 6.07) is -2.45. The molecule has 2 amide bonds. The largest absolute Gasteiger partial charge is 0.418 e. The first-order valence-corrected chi connectivity index (χ1v) is 10.1. The van der Waals surface area contributed by atoms with E-state index in [2.05, 4.69) is 14.3 Å². The van der Waals surface area contributed by atoms with Crippen LogP contribution in [-0.2, 0) is 24.7 Å². The molecule has 1 aromatic heterocycles. The SMILES string of the molecule is N=C(NS(=O)(=O)c1cnccn1)[C@@H]1CC[C@@H]2CN1C(=O)N2OS(=O)(=O)O. The van der Waals surface area contributed by atoms with E-state index in [0.717, 1.165) is 11.1 Å². The number of nitrogens with one attached hydrogen (secondary N) is 2. The molecule has 0 aliphatic carbocycles. The fourth-order valence-corrected chi connectivity index (χ4v) is 4.14. The molecule has 2 aliphatic rings. The van der Waals surface area contributed by atoms with E-state index in [1.807, 2.05) is 4.72 Å². The van der Waals surface area contributed by atoms with Crippen LogP contribution in [-0.4, -0.2) is 71.8 Å². The molecule has 2 aliphatic heterocycles. The highest BCUT2D eigenvalue weighted by Gasteiger charge is 2.48. The number of carbonyl (C=O) groups excluding carboxylic acids is 1. The second-order valence-electron chi connectivity index (χ2n) is 5.57. The van der Waals surface area contributed by atoms with Crippen LogP contribution in [0.15, 0.2) is 23.6 Å². The number of rotatable bonds is 5. The first-order chi connectivity index (χ1) is 12.1. The van der Waals surface area contributed by atoms with Gasteiger partial charge in [-0.2, -0.15) is 21.9 Å². The summed E-state index contributed by atoms with van der Waals surface area (Å²) < 4.78 is 61.2. The molecule has 1 aromatic rings. The predicted octanol–water partition coefficient (Wildman–Crippen LogP) is -1.26. The van der Waals surface area contributed by atoms with Crippen molar-refractivity contribution in [2.24, 2.45) is 0 Å². The molecule has 2 atom stereocenters. The van der Waals surface area contributed by atoms with Crippen LogP contribution in [0.5, 0.6) is 0 Å². The molecule has 26 heavy (non-hydrogen) atoms. The number of aromatic nitrogens is 2. The molecule has 3 rings (SSSR count). The molecule has 13 nitrogen and oxygen atoms in total. The summed E-state index contributed by atoms with van der Waals surface area (Å²) in [5.74, 6) is -0.476. The summed E-state index contributed by atoms with van der Waals surface area (Å²) in [5.41, 5.74) is 0. The number of nitrogens with zero attached hydrogens (tertiary/aromatic N) is 4. The summed E-state index contributed by atoms with van der Waals surface area (Å²) in [4.78, 5) is 20.7. The Labute approximate surface area is 148 Å².